The van der Waals surface area contributed by atoms with Gasteiger partial charge in [-0.1, -0.05) is 6.08 Å². The van der Waals surface area contributed by atoms with Gasteiger partial charge in [-0.2, -0.15) is 0 Å². The Morgan fingerprint density at radius 1 is 1.30 bits per heavy atom. The molecular formula is C22H25FN2O4S. The Morgan fingerprint density at radius 3 is 2.60 bits per heavy atom. The fraction of sp³-hybridized carbons (Fsp3) is 0.409. The van der Waals surface area contributed by atoms with Gasteiger partial charge in [0.2, 0.25) is 0 Å². The Kier molecular flexibility index (Phi) is 5.82. The van der Waals surface area contributed by atoms with Crippen LogP contribution < -0.4 is 4.90 Å². The molecule has 2 aliphatic rings. The highest BCUT2D eigenvalue weighted by Crippen LogP contribution is 2.40. The fourth-order valence-corrected chi connectivity index (χ4v) is 4.33. The second-order valence-electron chi connectivity index (χ2n) is 8.24. The molecule has 0 aromatic heterocycles. The molecule has 160 valence electrons. The van der Waals surface area contributed by atoms with Crippen molar-refractivity contribution in [3.8, 4) is 0 Å². The van der Waals surface area contributed by atoms with E-state index in [1.54, 1.807) is 19.9 Å². The van der Waals surface area contributed by atoms with Crippen molar-refractivity contribution in [3.05, 3.63) is 40.1 Å². The smallest absolute Gasteiger partial charge is 0.326 e. The average molecular weight is 433 g/mol. The first kappa shape index (κ1) is 22.1. The SMILES string of the molecule is CC1=CC(C)(C)N(C)c2cc(F)c(/C=C3\SC(=O)N(CC(=O)OC(C)C)C3=O)cc21. The first-order chi connectivity index (χ1) is 13.9. The lowest BCUT2D eigenvalue weighted by Gasteiger charge is -2.40. The predicted octanol–water partition coefficient (Wildman–Crippen LogP) is 4.45. The van der Waals surface area contributed by atoms with Crippen LogP contribution in [0.5, 0.6) is 0 Å². The highest BCUT2D eigenvalue weighted by atomic mass is 32.2. The van der Waals surface area contributed by atoms with Gasteiger partial charge in [0.25, 0.3) is 11.1 Å². The molecule has 1 saturated heterocycles. The molecule has 0 unspecified atom stereocenters. The number of thioether (sulfide) groups is 1. The molecule has 2 heterocycles. The van der Waals surface area contributed by atoms with Crippen LogP contribution in [-0.4, -0.2) is 47.3 Å². The molecule has 1 aromatic rings. The van der Waals surface area contributed by atoms with Crippen molar-refractivity contribution in [2.75, 3.05) is 18.5 Å². The second kappa shape index (κ2) is 7.91. The van der Waals surface area contributed by atoms with Gasteiger partial charge in [0.05, 0.1) is 16.5 Å². The van der Waals surface area contributed by atoms with E-state index in [9.17, 15) is 18.8 Å². The Balaban J connectivity index is 1.91. The van der Waals surface area contributed by atoms with Gasteiger partial charge >= 0.3 is 5.97 Å². The number of likely N-dealkylation sites (N-methyl/N-ethyl adjacent to an activating group) is 1. The summed E-state index contributed by atoms with van der Waals surface area (Å²) >= 11 is 0.684. The van der Waals surface area contributed by atoms with Gasteiger partial charge in [-0.3, -0.25) is 19.3 Å². The zero-order chi connectivity index (χ0) is 22.4. The number of anilines is 1. The van der Waals surface area contributed by atoms with E-state index >= 15 is 0 Å². The number of benzene rings is 1. The van der Waals surface area contributed by atoms with E-state index in [-0.39, 0.29) is 22.1 Å². The maximum Gasteiger partial charge on any atom is 0.326 e. The van der Waals surface area contributed by atoms with Crippen LogP contribution in [0.2, 0.25) is 0 Å². The van der Waals surface area contributed by atoms with Crippen LogP contribution in [0.3, 0.4) is 0 Å². The highest BCUT2D eigenvalue weighted by molar-refractivity contribution is 8.18. The maximum absolute atomic E-state index is 14.9. The van der Waals surface area contributed by atoms with Crippen molar-refractivity contribution in [1.82, 2.24) is 4.90 Å². The molecule has 1 fully saturated rings. The second-order valence-corrected chi connectivity index (χ2v) is 9.23. The number of fused-ring (bicyclic) bond motifs is 1. The number of ether oxygens (including phenoxy) is 1. The Morgan fingerprint density at radius 2 is 1.97 bits per heavy atom. The van der Waals surface area contributed by atoms with Crippen molar-refractivity contribution in [1.29, 1.82) is 0 Å². The van der Waals surface area contributed by atoms with Crippen LogP contribution in [0.4, 0.5) is 14.9 Å². The normalized spacial score (nSPS) is 19.5. The topological polar surface area (TPSA) is 66.9 Å². The molecule has 0 spiro atoms. The molecule has 0 bridgehead atoms. The summed E-state index contributed by atoms with van der Waals surface area (Å²) in [5.41, 5.74) is 2.60. The third-order valence-corrected chi connectivity index (χ3v) is 6.06. The average Bonchev–Trinajstić information content (AvgIpc) is 2.87. The molecule has 6 nitrogen and oxygen atoms in total. The van der Waals surface area contributed by atoms with E-state index in [1.807, 2.05) is 32.7 Å². The summed E-state index contributed by atoms with van der Waals surface area (Å²) in [5, 5.41) is -0.581. The molecular weight excluding hydrogens is 407 g/mol. The molecule has 8 heteroatoms. The van der Waals surface area contributed by atoms with Gasteiger partial charge in [-0.15, -0.1) is 0 Å². The van der Waals surface area contributed by atoms with Crippen LogP contribution >= 0.6 is 11.8 Å². The van der Waals surface area contributed by atoms with Gasteiger partial charge in [-0.25, -0.2) is 4.39 Å². The molecule has 30 heavy (non-hydrogen) atoms. The summed E-state index contributed by atoms with van der Waals surface area (Å²) in [5.74, 6) is -1.79. The van der Waals surface area contributed by atoms with E-state index in [1.165, 1.54) is 12.1 Å². The summed E-state index contributed by atoms with van der Waals surface area (Å²) in [7, 11) is 1.91. The number of imide groups is 1. The van der Waals surface area contributed by atoms with Gasteiger partial charge in [-0.05, 0) is 70.2 Å². The van der Waals surface area contributed by atoms with E-state index < -0.39 is 29.5 Å². The van der Waals surface area contributed by atoms with Crippen molar-refractivity contribution in [2.24, 2.45) is 0 Å². The minimum Gasteiger partial charge on any atom is -0.462 e. The standard InChI is InChI=1S/C22H25FN2O4S/c1-12(2)29-19(26)11-25-20(27)18(30-21(25)28)8-14-7-15-13(3)10-22(4,5)24(6)17(15)9-16(14)23/h7-10,12H,11H2,1-6H3/b18-8-. The van der Waals surface area contributed by atoms with E-state index in [2.05, 4.69) is 6.08 Å². The van der Waals surface area contributed by atoms with Crippen molar-refractivity contribution in [2.45, 2.75) is 46.3 Å². The van der Waals surface area contributed by atoms with Gasteiger partial charge in [0.15, 0.2) is 0 Å². The minimum atomic E-state index is -0.667. The Labute approximate surface area is 179 Å². The first-order valence-corrected chi connectivity index (χ1v) is 10.4. The van der Waals surface area contributed by atoms with Crippen LogP contribution in [0.1, 0.15) is 45.7 Å². The van der Waals surface area contributed by atoms with Gasteiger partial charge in [0.1, 0.15) is 12.4 Å². The van der Waals surface area contributed by atoms with Crippen LogP contribution in [0.25, 0.3) is 11.6 Å². The summed E-state index contributed by atoms with van der Waals surface area (Å²) in [6.07, 6.45) is 3.11. The lowest BCUT2D eigenvalue weighted by molar-refractivity contribution is -0.149. The molecule has 0 aliphatic carbocycles. The van der Waals surface area contributed by atoms with Crippen LogP contribution in [-0.2, 0) is 14.3 Å². The van der Waals surface area contributed by atoms with Gasteiger partial charge in [0, 0.05) is 23.9 Å². The van der Waals surface area contributed by atoms with Crippen molar-refractivity contribution >= 4 is 46.2 Å². The maximum atomic E-state index is 14.9. The Bertz CT molecular complexity index is 997. The number of hydrogen-bond acceptors (Lipinski definition) is 6. The zero-order valence-electron chi connectivity index (χ0n) is 17.9. The highest BCUT2D eigenvalue weighted by Gasteiger charge is 2.37. The van der Waals surface area contributed by atoms with Crippen LogP contribution in [0.15, 0.2) is 23.1 Å². The van der Waals surface area contributed by atoms with Crippen molar-refractivity contribution < 1.29 is 23.5 Å². The van der Waals surface area contributed by atoms with Gasteiger partial charge < -0.3 is 9.64 Å². The molecule has 0 saturated carbocycles. The van der Waals surface area contributed by atoms with Crippen molar-refractivity contribution in [3.63, 3.8) is 0 Å². The summed E-state index contributed by atoms with van der Waals surface area (Å²) in [6.45, 7) is 8.95. The van der Waals surface area contributed by atoms with Crippen LogP contribution in [0, 0.1) is 5.82 Å². The number of carbonyl (C=O) groups excluding carboxylic acids is 3. The van der Waals surface area contributed by atoms with E-state index in [0.29, 0.717) is 11.8 Å². The van der Waals surface area contributed by atoms with E-state index in [0.717, 1.165) is 21.7 Å². The molecule has 2 amide bonds. The lowest BCUT2D eigenvalue weighted by Crippen LogP contribution is -2.42. The summed E-state index contributed by atoms with van der Waals surface area (Å²) in [6, 6.07) is 3.13. The number of halogens is 1. The third-order valence-electron chi connectivity index (χ3n) is 5.15. The number of rotatable bonds is 4. The zero-order valence-corrected chi connectivity index (χ0v) is 18.7. The lowest BCUT2D eigenvalue weighted by atomic mass is 9.88. The first-order valence-electron chi connectivity index (χ1n) is 9.62. The molecule has 0 radical (unpaired) electrons. The monoisotopic (exact) mass is 432 g/mol. The fourth-order valence-electron chi connectivity index (χ4n) is 3.51. The largest absolute Gasteiger partial charge is 0.462 e. The quantitative estimate of drug-likeness (QED) is 0.517. The minimum absolute atomic E-state index is 0.0716. The number of hydrogen-bond donors (Lipinski definition) is 0. The Hall–Kier alpha value is -2.61. The third kappa shape index (κ3) is 4.14. The molecule has 2 aliphatic heterocycles. The predicted molar refractivity (Wildman–Crippen MR) is 116 cm³/mol. The number of allylic oxidation sites excluding steroid dienone is 1. The van der Waals surface area contributed by atoms with E-state index in [4.69, 9.17) is 4.74 Å². The molecule has 3 rings (SSSR count). The number of carbonyl (C=O) groups is 3. The number of esters is 1. The number of amides is 2. The molecule has 0 atom stereocenters. The number of nitrogens with zero attached hydrogens (tertiary/aromatic N) is 2. The molecule has 1 aromatic carbocycles. The molecule has 0 N–H and O–H groups in total. The summed E-state index contributed by atoms with van der Waals surface area (Å²) in [4.78, 5) is 39.5. The summed E-state index contributed by atoms with van der Waals surface area (Å²) < 4.78 is 19.9.